The summed E-state index contributed by atoms with van der Waals surface area (Å²) < 4.78 is 0. The fourth-order valence-electron chi connectivity index (χ4n) is 1.14. The molecule has 0 aliphatic carbocycles. The monoisotopic (exact) mass is 140 g/mol. The Hall–Kier alpha value is -0.260. The van der Waals surface area contributed by atoms with E-state index in [-0.39, 0.29) is 0 Å². The molecule has 0 aromatic carbocycles. The first-order valence-electron chi connectivity index (χ1n) is 4.49. The Morgan fingerprint density at radius 2 is 1.80 bits per heavy atom. The molecule has 0 aliphatic heterocycles. The molecule has 0 heteroatoms. The van der Waals surface area contributed by atoms with Crippen molar-refractivity contribution in [3.05, 3.63) is 11.6 Å². The Kier molecular flexibility index (Phi) is 6.68. The second kappa shape index (κ2) is 6.85. The largest absolute Gasteiger partial charge is 0.0885 e. The Balaban J connectivity index is 3.41. The van der Waals surface area contributed by atoms with Crippen molar-refractivity contribution in [2.24, 2.45) is 0 Å². The minimum atomic E-state index is 1.30. The molecule has 60 valence electrons. The average Bonchev–Trinajstić information content (AvgIpc) is 1.98. The van der Waals surface area contributed by atoms with Crippen molar-refractivity contribution in [1.29, 1.82) is 0 Å². The first-order valence-corrected chi connectivity index (χ1v) is 4.49. The third-order valence-electron chi connectivity index (χ3n) is 1.83. The number of unbranched alkanes of at least 4 members (excludes halogenated alkanes) is 1. The predicted molar refractivity (Wildman–Crippen MR) is 48.2 cm³/mol. The molecule has 0 aromatic heterocycles. The van der Waals surface area contributed by atoms with Gasteiger partial charge in [0.2, 0.25) is 0 Å². The molecule has 0 amide bonds. The molecule has 0 bridgehead atoms. The van der Waals surface area contributed by atoms with Crippen molar-refractivity contribution in [3.8, 4) is 0 Å². The lowest BCUT2D eigenvalue weighted by Crippen LogP contribution is -1.82. The van der Waals surface area contributed by atoms with E-state index in [1.54, 1.807) is 5.57 Å². The van der Waals surface area contributed by atoms with Crippen LogP contribution in [0.25, 0.3) is 0 Å². The minimum Gasteiger partial charge on any atom is -0.0885 e. The fraction of sp³-hybridized carbons (Fsp3) is 0.800. The Morgan fingerprint density at radius 1 is 1.10 bits per heavy atom. The van der Waals surface area contributed by atoms with Gasteiger partial charge in [-0.25, -0.2) is 0 Å². The lowest BCUT2D eigenvalue weighted by molar-refractivity contribution is 0.741. The number of hydrogen-bond donors (Lipinski definition) is 0. The van der Waals surface area contributed by atoms with Crippen molar-refractivity contribution < 1.29 is 0 Å². The molecule has 0 heterocycles. The molecule has 0 atom stereocenters. The zero-order chi connectivity index (χ0) is 7.82. The van der Waals surface area contributed by atoms with Crippen LogP contribution in [0.4, 0.5) is 0 Å². The zero-order valence-corrected chi connectivity index (χ0v) is 7.61. The molecule has 0 saturated heterocycles. The summed E-state index contributed by atoms with van der Waals surface area (Å²) in [6.45, 7) is 6.65. The van der Waals surface area contributed by atoms with Crippen LogP contribution in [0.15, 0.2) is 11.6 Å². The van der Waals surface area contributed by atoms with Crippen LogP contribution >= 0.6 is 0 Å². The zero-order valence-electron chi connectivity index (χ0n) is 7.61. The van der Waals surface area contributed by atoms with Crippen LogP contribution in [0.1, 0.15) is 52.9 Å². The van der Waals surface area contributed by atoms with Gasteiger partial charge in [-0.3, -0.25) is 0 Å². The molecule has 0 aliphatic rings. The molecule has 10 heavy (non-hydrogen) atoms. The van der Waals surface area contributed by atoms with Gasteiger partial charge >= 0.3 is 0 Å². The molecule has 0 unspecified atom stereocenters. The molecular formula is C10H20. The van der Waals surface area contributed by atoms with Gasteiger partial charge in [0.05, 0.1) is 0 Å². The van der Waals surface area contributed by atoms with Crippen LogP contribution in [0, 0.1) is 0 Å². The maximum Gasteiger partial charge on any atom is -0.0321 e. The van der Waals surface area contributed by atoms with Crippen molar-refractivity contribution in [1.82, 2.24) is 0 Å². The summed E-state index contributed by atoms with van der Waals surface area (Å²) in [5.41, 5.74) is 1.64. The van der Waals surface area contributed by atoms with E-state index in [1.165, 1.54) is 32.1 Å². The van der Waals surface area contributed by atoms with E-state index in [0.29, 0.717) is 0 Å². The quantitative estimate of drug-likeness (QED) is 0.508. The van der Waals surface area contributed by atoms with Crippen LogP contribution in [0.5, 0.6) is 0 Å². The maximum atomic E-state index is 2.28. The summed E-state index contributed by atoms with van der Waals surface area (Å²) in [6.07, 6.45) is 8.88. The van der Waals surface area contributed by atoms with E-state index in [0.717, 1.165) is 0 Å². The maximum absolute atomic E-state index is 2.28. The molecule has 0 nitrogen and oxygen atoms in total. The lowest BCUT2D eigenvalue weighted by Gasteiger charge is -2.02. The summed E-state index contributed by atoms with van der Waals surface area (Å²) >= 11 is 0. The van der Waals surface area contributed by atoms with Gasteiger partial charge in [-0.1, -0.05) is 38.3 Å². The van der Waals surface area contributed by atoms with E-state index >= 15 is 0 Å². The van der Waals surface area contributed by atoms with Gasteiger partial charge in [-0.05, 0) is 26.2 Å². The number of allylic oxidation sites excluding steroid dienone is 2. The highest BCUT2D eigenvalue weighted by Crippen LogP contribution is 2.12. The second-order valence-corrected chi connectivity index (χ2v) is 2.80. The normalized spacial score (nSPS) is 12.1. The van der Waals surface area contributed by atoms with Crippen molar-refractivity contribution in [2.75, 3.05) is 0 Å². The number of hydrogen-bond acceptors (Lipinski definition) is 0. The van der Waals surface area contributed by atoms with Crippen LogP contribution < -0.4 is 0 Å². The van der Waals surface area contributed by atoms with Gasteiger partial charge < -0.3 is 0 Å². The summed E-state index contributed by atoms with van der Waals surface area (Å²) in [7, 11) is 0. The van der Waals surface area contributed by atoms with Crippen LogP contribution in [-0.4, -0.2) is 0 Å². The summed E-state index contributed by atoms with van der Waals surface area (Å²) in [5.74, 6) is 0. The van der Waals surface area contributed by atoms with Gasteiger partial charge in [-0.15, -0.1) is 0 Å². The molecule has 0 radical (unpaired) electrons. The highest BCUT2D eigenvalue weighted by Gasteiger charge is 1.92. The van der Waals surface area contributed by atoms with Crippen LogP contribution in [0.2, 0.25) is 0 Å². The van der Waals surface area contributed by atoms with E-state index in [9.17, 15) is 0 Å². The third-order valence-corrected chi connectivity index (χ3v) is 1.83. The van der Waals surface area contributed by atoms with Crippen molar-refractivity contribution in [3.63, 3.8) is 0 Å². The van der Waals surface area contributed by atoms with Crippen molar-refractivity contribution in [2.45, 2.75) is 52.9 Å². The Labute approximate surface area is 65.3 Å². The predicted octanol–water partition coefficient (Wildman–Crippen LogP) is 3.92. The first-order chi connectivity index (χ1) is 4.85. The van der Waals surface area contributed by atoms with Gasteiger partial charge in [0.15, 0.2) is 0 Å². The van der Waals surface area contributed by atoms with Crippen LogP contribution in [-0.2, 0) is 0 Å². The Bertz CT molecular complexity index is 90.2. The van der Waals surface area contributed by atoms with Gasteiger partial charge in [0.25, 0.3) is 0 Å². The molecule has 0 rings (SSSR count). The van der Waals surface area contributed by atoms with Gasteiger partial charge in [0, 0.05) is 0 Å². The minimum absolute atomic E-state index is 1.30. The van der Waals surface area contributed by atoms with Gasteiger partial charge in [-0.2, -0.15) is 0 Å². The molecule has 0 spiro atoms. The topological polar surface area (TPSA) is 0 Å². The highest BCUT2D eigenvalue weighted by atomic mass is 14.0. The molecule has 0 saturated carbocycles. The lowest BCUT2D eigenvalue weighted by atomic mass is 10.0. The number of rotatable bonds is 5. The molecule has 0 aromatic rings. The molecule has 0 fully saturated rings. The summed E-state index contributed by atoms with van der Waals surface area (Å²) in [5, 5.41) is 0. The molecular weight excluding hydrogens is 120 g/mol. The highest BCUT2D eigenvalue weighted by molar-refractivity contribution is 4.99. The SMILES string of the molecule is C/C=C(\CCC)CCCC. The first kappa shape index (κ1) is 9.74. The summed E-state index contributed by atoms with van der Waals surface area (Å²) in [4.78, 5) is 0. The average molecular weight is 140 g/mol. The van der Waals surface area contributed by atoms with E-state index in [1.807, 2.05) is 0 Å². The van der Waals surface area contributed by atoms with Gasteiger partial charge in [0.1, 0.15) is 0 Å². The third kappa shape index (κ3) is 4.60. The fourth-order valence-corrected chi connectivity index (χ4v) is 1.14. The van der Waals surface area contributed by atoms with E-state index in [2.05, 4.69) is 26.8 Å². The van der Waals surface area contributed by atoms with Crippen LogP contribution in [0.3, 0.4) is 0 Å². The van der Waals surface area contributed by atoms with E-state index in [4.69, 9.17) is 0 Å². The summed E-state index contributed by atoms with van der Waals surface area (Å²) in [6, 6.07) is 0. The van der Waals surface area contributed by atoms with Crippen molar-refractivity contribution >= 4 is 0 Å². The smallest absolute Gasteiger partial charge is 0.0321 e. The standard InChI is InChI=1S/C10H20/c1-4-7-9-10(6-3)8-5-2/h6H,4-5,7-9H2,1-3H3/b10-6+. The second-order valence-electron chi connectivity index (χ2n) is 2.80. The Morgan fingerprint density at radius 3 is 2.20 bits per heavy atom. The molecule has 0 N–H and O–H groups in total. The van der Waals surface area contributed by atoms with E-state index < -0.39 is 0 Å².